The molecule has 1 aliphatic rings. The largest absolute Gasteiger partial charge is 0.376 e. The second kappa shape index (κ2) is 7.34. The van der Waals surface area contributed by atoms with Crippen LogP contribution in [0.1, 0.15) is 25.3 Å². The average Bonchev–Trinajstić information content (AvgIpc) is 3.30. The molecule has 2 aromatic carbocycles. The Labute approximate surface area is 153 Å². The SMILES string of the molecule is CCn1c2ccccc2c2cc(C=CC(=O)NCC3CCCO3)ccc21. The van der Waals surface area contributed by atoms with Crippen LogP contribution in [0.3, 0.4) is 0 Å². The molecule has 0 spiro atoms. The van der Waals surface area contributed by atoms with Gasteiger partial charge in [-0.15, -0.1) is 0 Å². The van der Waals surface area contributed by atoms with E-state index >= 15 is 0 Å². The van der Waals surface area contributed by atoms with E-state index in [1.807, 2.05) is 6.08 Å². The molecule has 1 N–H and O–H groups in total. The Morgan fingerprint density at radius 2 is 2.08 bits per heavy atom. The van der Waals surface area contributed by atoms with E-state index in [0.29, 0.717) is 6.54 Å². The fourth-order valence-corrected chi connectivity index (χ4v) is 3.77. The second-order valence-corrected chi connectivity index (χ2v) is 6.75. The van der Waals surface area contributed by atoms with E-state index in [-0.39, 0.29) is 12.0 Å². The van der Waals surface area contributed by atoms with Gasteiger partial charge in [-0.2, -0.15) is 0 Å². The first-order valence-electron chi connectivity index (χ1n) is 9.35. The molecule has 2 heterocycles. The third-order valence-electron chi connectivity index (χ3n) is 5.07. The highest BCUT2D eigenvalue weighted by Crippen LogP contribution is 2.29. The van der Waals surface area contributed by atoms with Crippen molar-refractivity contribution in [2.24, 2.45) is 0 Å². The molecule has 4 heteroatoms. The Bertz CT molecular complexity index is 965. The zero-order valence-corrected chi connectivity index (χ0v) is 15.1. The molecule has 0 aliphatic carbocycles. The maximum atomic E-state index is 12.0. The molecule has 0 saturated carbocycles. The lowest BCUT2D eigenvalue weighted by Gasteiger charge is -2.08. The summed E-state index contributed by atoms with van der Waals surface area (Å²) in [6.45, 7) is 4.50. The summed E-state index contributed by atoms with van der Waals surface area (Å²) < 4.78 is 7.85. The molecule has 26 heavy (non-hydrogen) atoms. The number of para-hydroxylation sites is 1. The molecular weight excluding hydrogens is 324 g/mol. The van der Waals surface area contributed by atoms with Crippen molar-refractivity contribution in [2.75, 3.05) is 13.2 Å². The standard InChI is InChI=1S/C22H24N2O2/c1-2-24-20-8-4-3-7-18(20)19-14-16(9-11-21(19)24)10-12-22(25)23-15-17-6-5-13-26-17/h3-4,7-12,14,17H,2,5-6,13,15H2,1H3,(H,23,25). The minimum atomic E-state index is -0.0726. The average molecular weight is 348 g/mol. The van der Waals surface area contributed by atoms with Gasteiger partial charge in [0.2, 0.25) is 5.91 Å². The first kappa shape index (κ1) is 16.9. The number of ether oxygens (including phenoxy) is 1. The van der Waals surface area contributed by atoms with Gasteiger partial charge in [-0.3, -0.25) is 4.79 Å². The number of benzene rings is 2. The fourth-order valence-electron chi connectivity index (χ4n) is 3.77. The Kier molecular flexibility index (Phi) is 4.76. The van der Waals surface area contributed by atoms with E-state index in [1.165, 1.54) is 21.8 Å². The van der Waals surface area contributed by atoms with Gasteiger partial charge in [0, 0.05) is 47.6 Å². The fraction of sp³-hybridized carbons (Fsp3) is 0.318. The molecule has 0 bridgehead atoms. The summed E-state index contributed by atoms with van der Waals surface area (Å²) in [6.07, 6.45) is 5.77. The van der Waals surface area contributed by atoms with Crippen molar-refractivity contribution in [1.82, 2.24) is 9.88 Å². The van der Waals surface area contributed by atoms with E-state index in [2.05, 4.69) is 59.3 Å². The highest BCUT2D eigenvalue weighted by atomic mass is 16.5. The molecule has 1 aromatic heterocycles. The Hall–Kier alpha value is -2.59. The van der Waals surface area contributed by atoms with Crippen LogP contribution in [-0.4, -0.2) is 29.7 Å². The number of fused-ring (bicyclic) bond motifs is 3. The van der Waals surface area contributed by atoms with Gasteiger partial charge in [0.1, 0.15) is 0 Å². The van der Waals surface area contributed by atoms with Gasteiger partial charge in [0.05, 0.1) is 6.10 Å². The summed E-state index contributed by atoms with van der Waals surface area (Å²) in [5.74, 6) is -0.0726. The highest BCUT2D eigenvalue weighted by molar-refractivity contribution is 6.08. The van der Waals surface area contributed by atoms with Crippen LogP contribution < -0.4 is 5.32 Å². The highest BCUT2D eigenvalue weighted by Gasteiger charge is 2.15. The summed E-state index contributed by atoms with van der Waals surface area (Å²) in [5, 5.41) is 5.40. The van der Waals surface area contributed by atoms with E-state index in [0.717, 1.165) is 31.6 Å². The third kappa shape index (κ3) is 3.25. The van der Waals surface area contributed by atoms with Crippen LogP contribution in [0.2, 0.25) is 0 Å². The van der Waals surface area contributed by atoms with Crippen LogP contribution in [0.15, 0.2) is 48.5 Å². The molecule has 134 valence electrons. The lowest BCUT2D eigenvalue weighted by molar-refractivity contribution is -0.116. The number of hydrogen-bond donors (Lipinski definition) is 1. The van der Waals surface area contributed by atoms with Gasteiger partial charge in [-0.05, 0) is 49.6 Å². The molecule has 1 amide bonds. The van der Waals surface area contributed by atoms with Gasteiger partial charge in [-0.25, -0.2) is 0 Å². The van der Waals surface area contributed by atoms with Gasteiger partial charge < -0.3 is 14.6 Å². The van der Waals surface area contributed by atoms with Gasteiger partial charge in [0.15, 0.2) is 0 Å². The maximum Gasteiger partial charge on any atom is 0.244 e. The van der Waals surface area contributed by atoms with E-state index in [9.17, 15) is 4.79 Å². The van der Waals surface area contributed by atoms with Crippen LogP contribution in [0.25, 0.3) is 27.9 Å². The van der Waals surface area contributed by atoms with E-state index in [4.69, 9.17) is 4.74 Å². The minimum absolute atomic E-state index is 0.0726. The normalized spacial score (nSPS) is 17.5. The van der Waals surface area contributed by atoms with E-state index in [1.54, 1.807) is 6.08 Å². The van der Waals surface area contributed by atoms with Crippen molar-refractivity contribution in [3.05, 3.63) is 54.1 Å². The van der Waals surface area contributed by atoms with Crippen molar-refractivity contribution in [1.29, 1.82) is 0 Å². The molecule has 1 saturated heterocycles. The zero-order chi connectivity index (χ0) is 17.9. The molecule has 3 aromatic rings. The number of carbonyl (C=O) groups excluding carboxylic acids is 1. The minimum Gasteiger partial charge on any atom is -0.376 e. The molecular formula is C22H24N2O2. The predicted molar refractivity (Wildman–Crippen MR) is 106 cm³/mol. The maximum absolute atomic E-state index is 12.0. The Morgan fingerprint density at radius 3 is 2.88 bits per heavy atom. The Balaban J connectivity index is 1.55. The summed E-state index contributed by atoms with van der Waals surface area (Å²) in [5.41, 5.74) is 3.51. The predicted octanol–water partition coefficient (Wildman–Crippen LogP) is 4.12. The number of carbonyl (C=O) groups is 1. The number of nitrogens with zero attached hydrogens (tertiary/aromatic N) is 1. The number of nitrogens with one attached hydrogen (secondary N) is 1. The summed E-state index contributed by atoms with van der Waals surface area (Å²) in [4.78, 5) is 12.0. The quantitative estimate of drug-likeness (QED) is 0.705. The van der Waals surface area contributed by atoms with Crippen molar-refractivity contribution in [3.63, 3.8) is 0 Å². The topological polar surface area (TPSA) is 43.3 Å². The lowest BCUT2D eigenvalue weighted by Crippen LogP contribution is -2.30. The molecule has 4 rings (SSSR count). The number of aromatic nitrogens is 1. The number of amides is 1. The summed E-state index contributed by atoms with van der Waals surface area (Å²) >= 11 is 0. The number of aryl methyl sites for hydroxylation is 1. The van der Waals surface area contributed by atoms with Crippen LogP contribution in [-0.2, 0) is 16.1 Å². The van der Waals surface area contributed by atoms with Crippen molar-refractivity contribution in [3.8, 4) is 0 Å². The Morgan fingerprint density at radius 1 is 1.23 bits per heavy atom. The molecule has 4 nitrogen and oxygen atoms in total. The molecule has 1 atom stereocenters. The van der Waals surface area contributed by atoms with Crippen LogP contribution >= 0.6 is 0 Å². The molecule has 1 aliphatic heterocycles. The van der Waals surface area contributed by atoms with Crippen molar-refractivity contribution in [2.45, 2.75) is 32.4 Å². The first-order chi connectivity index (χ1) is 12.8. The second-order valence-electron chi connectivity index (χ2n) is 6.75. The van der Waals surface area contributed by atoms with E-state index < -0.39 is 0 Å². The lowest BCUT2D eigenvalue weighted by atomic mass is 10.1. The van der Waals surface area contributed by atoms with Gasteiger partial charge in [-0.1, -0.05) is 24.3 Å². The number of hydrogen-bond acceptors (Lipinski definition) is 2. The number of rotatable bonds is 5. The van der Waals surface area contributed by atoms with Crippen LogP contribution in [0, 0.1) is 0 Å². The van der Waals surface area contributed by atoms with Crippen molar-refractivity contribution >= 4 is 33.8 Å². The van der Waals surface area contributed by atoms with Gasteiger partial charge in [0.25, 0.3) is 0 Å². The molecule has 1 fully saturated rings. The summed E-state index contributed by atoms with van der Waals surface area (Å²) in [7, 11) is 0. The van der Waals surface area contributed by atoms with Gasteiger partial charge >= 0.3 is 0 Å². The first-order valence-corrected chi connectivity index (χ1v) is 9.35. The molecule has 1 unspecified atom stereocenters. The molecule has 0 radical (unpaired) electrons. The van der Waals surface area contributed by atoms with Crippen molar-refractivity contribution < 1.29 is 9.53 Å². The van der Waals surface area contributed by atoms with Crippen LogP contribution in [0.4, 0.5) is 0 Å². The smallest absolute Gasteiger partial charge is 0.244 e. The van der Waals surface area contributed by atoms with Crippen LogP contribution in [0.5, 0.6) is 0 Å². The zero-order valence-electron chi connectivity index (χ0n) is 15.1. The third-order valence-corrected chi connectivity index (χ3v) is 5.07. The summed E-state index contributed by atoms with van der Waals surface area (Å²) in [6, 6.07) is 14.8. The monoisotopic (exact) mass is 348 g/mol.